The molecule has 0 aromatic heterocycles. The van der Waals surface area contributed by atoms with Crippen LogP contribution in [-0.2, 0) is 16.1 Å². The van der Waals surface area contributed by atoms with Crippen LogP contribution in [0.2, 0.25) is 0 Å². The minimum atomic E-state index is -0.928. The molecule has 5 heteroatoms. The topological polar surface area (TPSA) is 66.8 Å². The molecule has 0 bridgehead atoms. The van der Waals surface area contributed by atoms with Crippen molar-refractivity contribution < 1.29 is 19.4 Å². The maximum Gasteiger partial charge on any atom is 0.326 e. The SMILES string of the molecule is CC(C)OCc1ccc(C(=O)N2CCC[C@@H]2C(=O)O)cc1. The van der Waals surface area contributed by atoms with Gasteiger partial charge in [-0.3, -0.25) is 4.79 Å². The second-order valence-electron chi connectivity index (χ2n) is 5.55. The molecule has 1 amide bonds. The summed E-state index contributed by atoms with van der Waals surface area (Å²) in [7, 11) is 0. The molecule has 0 spiro atoms. The summed E-state index contributed by atoms with van der Waals surface area (Å²) in [5.41, 5.74) is 1.52. The number of hydrogen-bond acceptors (Lipinski definition) is 3. The fraction of sp³-hybridized carbons (Fsp3) is 0.500. The van der Waals surface area contributed by atoms with Gasteiger partial charge in [-0.2, -0.15) is 0 Å². The van der Waals surface area contributed by atoms with Gasteiger partial charge in [-0.05, 0) is 44.4 Å². The molecule has 0 radical (unpaired) electrons. The van der Waals surface area contributed by atoms with E-state index < -0.39 is 12.0 Å². The molecule has 1 saturated heterocycles. The number of aliphatic carboxylic acids is 1. The van der Waals surface area contributed by atoms with Crippen molar-refractivity contribution in [1.82, 2.24) is 4.90 Å². The number of carbonyl (C=O) groups excluding carboxylic acids is 1. The van der Waals surface area contributed by atoms with Crippen LogP contribution in [0.4, 0.5) is 0 Å². The lowest BCUT2D eigenvalue weighted by Gasteiger charge is -2.21. The number of likely N-dealkylation sites (tertiary alicyclic amines) is 1. The Kier molecular flexibility index (Phi) is 4.96. The molecule has 1 fully saturated rings. The number of amides is 1. The molecule has 1 aliphatic rings. The van der Waals surface area contributed by atoms with E-state index in [1.165, 1.54) is 4.90 Å². The van der Waals surface area contributed by atoms with E-state index in [1.807, 2.05) is 26.0 Å². The summed E-state index contributed by atoms with van der Waals surface area (Å²) in [6.07, 6.45) is 1.43. The largest absolute Gasteiger partial charge is 0.480 e. The quantitative estimate of drug-likeness (QED) is 0.904. The van der Waals surface area contributed by atoms with E-state index in [2.05, 4.69) is 0 Å². The van der Waals surface area contributed by atoms with E-state index in [-0.39, 0.29) is 12.0 Å². The summed E-state index contributed by atoms with van der Waals surface area (Å²) in [6, 6.07) is 6.47. The highest BCUT2D eigenvalue weighted by atomic mass is 16.5. The van der Waals surface area contributed by atoms with Gasteiger partial charge in [-0.25, -0.2) is 4.79 Å². The maximum atomic E-state index is 12.4. The number of rotatable bonds is 5. The zero-order chi connectivity index (χ0) is 15.4. The van der Waals surface area contributed by atoms with Crippen molar-refractivity contribution in [1.29, 1.82) is 0 Å². The first-order valence-corrected chi connectivity index (χ1v) is 7.23. The molecule has 2 rings (SSSR count). The molecule has 114 valence electrons. The molecular weight excluding hydrogens is 270 g/mol. The Balaban J connectivity index is 2.04. The third-order valence-corrected chi connectivity index (χ3v) is 3.58. The highest BCUT2D eigenvalue weighted by Gasteiger charge is 2.34. The minimum Gasteiger partial charge on any atom is -0.480 e. The zero-order valence-corrected chi connectivity index (χ0v) is 12.4. The number of nitrogens with zero attached hydrogens (tertiary/aromatic N) is 1. The van der Waals surface area contributed by atoms with Gasteiger partial charge in [-0.1, -0.05) is 12.1 Å². The average molecular weight is 291 g/mol. The van der Waals surface area contributed by atoms with E-state index in [0.29, 0.717) is 25.1 Å². The summed E-state index contributed by atoms with van der Waals surface area (Å²) < 4.78 is 5.50. The highest BCUT2D eigenvalue weighted by molar-refractivity contribution is 5.97. The van der Waals surface area contributed by atoms with Crippen molar-refractivity contribution in [3.63, 3.8) is 0 Å². The van der Waals surface area contributed by atoms with Crippen LogP contribution in [0.25, 0.3) is 0 Å². The Morgan fingerprint density at radius 1 is 1.33 bits per heavy atom. The molecule has 1 aromatic carbocycles. The average Bonchev–Trinajstić information content (AvgIpc) is 2.94. The van der Waals surface area contributed by atoms with E-state index >= 15 is 0 Å². The summed E-state index contributed by atoms with van der Waals surface area (Å²) in [6.45, 7) is 4.95. The first-order valence-electron chi connectivity index (χ1n) is 7.23. The van der Waals surface area contributed by atoms with Gasteiger partial charge < -0.3 is 14.7 Å². The maximum absolute atomic E-state index is 12.4. The van der Waals surface area contributed by atoms with Crippen molar-refractivity contribution in [3.8, 4) is 0 Å². The molecule has 1 N–H and O–H groups in total. The lowest BCUT2D eigenvalue weighted by molar-refractivity contribution is -0.141. The highest BCUT2D eigenvalue weighted by Crippen LogP contribution is 2.20. The number of carboxylic acids is 1. The van der Waals surface area contributed by atoms with Crippen molar-refractivity contribution in [3.05, 3.63) is 35.4 Å². The first-order chi connectivity index (χ1) is 9.99. The van der Waals surface area contributed by atoms with Gasteiger partial charge in [0.25, 0.3) is 5.91 Å². The number of ether oxygens (including phenoxy) is 1. The van der Waals surface area contributed by atoms with Crippen LogP contribution in [0.3, 0.4) is 0 Å². The van der Waals surface area contributed by atoms with Gasteiger partial charge in [0.15, 0.2) is 0 Å². The van der Waals surface area contributed by atoms with E-state index in [9.17, 15) is 9.59 Å². The van der Waals surface area contributed by atoms with Gasteiger partial charge in [0.1, 0.15) is 6.04 Å². The van der Waals surface area contributed by atoms with E-state index in [1.54, 1.807) is 12.1 Å². The number of benzene rings is 1. The standard InChI is InChI=1S/C16H21NO4/c1-11(2)21-10-12-5-7-13(8-6-12)15(18)17-9-3-4-14(17)16(19)20/h5-8,11,14H,3-4,9-10H2,1-2H3,(H,19,20)/t14-/m1/s1. The third kappa shape index (κ3) is 3.82. The molecule has 0 saturated carbocycles. The molecule has 5 nitrogen and oxygen atoms in total. The fourth-order valence-electron chi connectivity index (χ4n) is 2.44. The monoisotopic (exact) mass is 291 g/mol. The molecule has 1 aliphatic heterocycles. The molecule has 0 aliphatic carbocycles. The lowest BCUT2D eigenvalue weighted by atomic mass is 10.1. The van der Waals surface area contributed by atoms with Crippen LogP contribution < -0.4 is 0 Å². The van der Waals surface area contributed by atoms with E-state index in [4.69, 9.17) is 9.84 Å². The van der Waals surface area contributed by atoms with Crippen molar-refractivity contribution in [2.45, 2.75) is 45.4 Å². The molecule has 1 atom stereocenters. The van der Waals surface area contributed by atoms with Gasteiger partial charge in [0.05, 0.1) is 12.7 Å². The van der Waals surface area contributed by atoms with Crippen LogP contribution in [0, 0.1) is 0 Å². The lowest BCUT2D eigenvalue weighted by Crippen LogP contribution is -2.40. The van der Waals surface area contributed by atoms with Crippen molar-refractivity contribution in [2.24, 2.45) is 0 Å². The van der Waals surface area contributed by atoms with Crippen molar-refractivity contribution in [2.75, 3.05) is 6.54 Å². The molecule has 21 heavy (non-hydrogen) atoms. The van der Waals surface area contributed by atoms with Gasteiger partial charge in [0, 0.05) is 12.1 Å². The number of hydrogen-bond donors (Lipinski definition) is 1. The number of carboxylic acid groups (broad SMARTS) is 1. The van der Waals surface area contributed by atoms with Crippen LogP contribution in [0.1, 0.15) is 42.6 Å². The minimum absolute atomic E-state index is 0.159. The first kappa shape index (κ1) is 15.5. The molecule has 0 unspecified atom stereocenters. The van der Waals surface area contributed by atoms with E-state index in [0.717, 1.165) is 12.0 Å². The Labute approximate surface area is 124 Å². The second kappa shape index (κ2) is 6.72. The van der Waals surface area contributed by atoms with Crippen LogP contribution in [-0.4, -0.2) is 40.6 Å². The Morgan fingerprint density at radius 2 is 2.00 bits per heavy atom. The Bertz CT molecular complexity index is 510. The normalized spacial score (nSPS) is 18.2. The number of carbonyl (C=O) groups is 2. The van der Waals surface area contributed by atoms with Crippen LogP contribution in [0.15, 0.2) is 24.3 Å². The summed E-state index contributed by atoms with van der Waals surface area (Å²) in [5.74, 6) is -1.14. The second-order valence-corrected chi connectivity index (χ2v) is 5.55. The van der Waals surface area contributed by atoms with Crippen LogP contribution >= 0.6 is 0 Å². The summed E-state index contributed by atoms with van der Waals surface area (Å²) in [5, 5.41) is 9.14. The van der Waals surface area contributed by atoms with Gasteiger partial charge in [0.2, 0.25) is 0 Å². The Morgan fingerprint density at radius 3 is 2.57 bits per heavy atom. The molecule has 1 heterocycles. The van der Waals surface area contributed by atoms with Crippen molar-refractivity contribution >= 4 is 11.9 Å². The fourth-order valence-corrected chi connectivity index (χ4v) is 2.44. The third-order valence-electron chi connectivity index (χ3n) is 3.58. The van der Waals surface area contributed by atoms with Gasteiger partial charge in [-0.15, -0.1) is 0 Å². The summed E-state index contributed by atoms with van der Waals surface area (Å²) >= 11 is 0. The summed E-state index contributed by atoms with van der Waals surface area (Å²) in [4.78, 5) is 25.0. The van der Waals surface area contributed by atoms with Gasteiger partial charge >= 0.3 is 5.97 Å². The molecular formula is C16H21NO4. The van der Waals surface area contributed by atoms with Crippen LogP contribution in [0.5, 0.6) is 0 Å². The smallest absolute Gasteiger partial charge is 0.326 e. The predicted octanol–water partition coefficient (Wildman–Crippen LogP) is 2.30. The predicted molar refractivity (Wildman–Crippen MR) is 78.1 cm³/mol. The Hall–Kier alpha value is -1.88. The zero-order valence-electron chi connectivity index (χ0n) is 12.4. The molecule has 1 aromatic rings.